The molecule has 0 N–H and O–H groups in total. The van der Waals surface area contributed by atoms with Gasteiger partial charge < -0.3 is 14.5 Å². The summed E-state index contributed by atoms with van der Waals surface area (Å²) in [5.74, 6) is 1.00. The Kier molecular flexibility index (Phi) is 7.20. The molecule has 2 aromatic carbocycles. The van der Waals surface area contributed by atoms with E-state index in [2.05, 4.69) is 92.9 Å². The second-order valence-corrected chi connectivity index (χ2v) is 8.63. The highest BCUT2D eigenvalue weighted by Crippen LogP contribution is 2.32. The Morgan fingerprint density at radius 1 is 0.966 bits per heavy atom. The Bertz CT molecular complexity index is 786. The molecule has 2 aromatic rings. The van der Waals surface area contributed by atoms with Crippen LogP contribution in [0, 0.1) is 20.8 Å². The monoisotopic (exact) mass is 395 g/mol. The number of anilines is 1. The molecule has 1 aliphatic rings. The van der Waals surface area contributed by atoms with Gasteiger partial charge in [-0.3, -0.25) is 4.90 Å². The minimum absolute atomic E-state index is 0.448. The molecule has 1 heterocycles. The number of nitrogens with zero attached hydrogens (tertiary/aromatic N) is 3. The van der Waals surface area contributed by atoms with Gasteiger partial charge in [-0.05, 0) is 70.6 Å². The lowest BCUT2D eigenvalue weighted by Crippen LogP contribution is -2.47. The lowest BCUT2D eigenvalue weighted by atomic mass is 9.93. The Morgan fingerprint density at radius 2 is 1.59 bits per heavy atom. The third-order valence-corrected chi connectivity index (χ3v) is 6.02. The van der Waals surface area contributed by atoms with Crippen LogP contribution in [0.15, 0.2) is 36.4 Å². The molecule has 1 aliphatic heterocycles. The number of benzene rings is 2. The minimum atomic E-state index is 0.448. The molecule has 0 saturated carbocycles. The number of rotatable bonds is 7. The molecular weight excluding hydrogens is 358 g/mol. The number of hydrogen-bond donors (Lipinski definition) is 0. The molecule has 29 heavy (non-hydrogen) atoms. The first-order valence-electron chi connectivity index (χ1n) is 10.8. The normalized spacial score (nSPS) is 16.3. The summed E-state index contributed by atoms with van der Waals surface area (Å²) in [4.78, 5) is 7.25. The van der Waals surface area contributed by atoms with E-state index in [4.69, 9.17) is 4.74 Å². The van der Waals surface area contributed by atoms with Gasteiger partial charge in [0.2, 0.25) is 0 Å². The van der Waals surface area contributed by atoms with Crippen LogP contribution in [0.2, 0.25) is 0 Å². The van der Waals surface area contributed by atoms with Gasteiger partial charge in [0.25, 0.3) is 0 Å². The zero-order valence-corrected chi connectivity index (χ0v) is 19.0. The molecule has 1 saturated heterocycles. The van der Waals surface area contributed by atoms with Crippen molar-refractivity contribution < 1.29 is 4.74 Å². The maximum Gasteiger partial charge on any atom is 0.142 e. The maximum absolute atomic E-state index is 6.09. The molecule has 1 atom stereocenters. The van der Waals surface area contributed by atoms with Crippen molar-refractivity contribution in [2.75, 3.05) is 58.3 Å². The number of para-hydroxylation sites is 2. The fraction of sp³-hybridized carbons (Fsp3) is 0.520. The van der Waals surface area contributed by atoms with Crippen molar-refractivity contribution in [1.82, 2.24) is 9.80 Å². The molecule has 0 radical (unpaired) electrons. The minimum Gasteiger partial charge on any atom is -0.490 e. The number of likely N-dealkylation sites (N-methyl/N-ethyl adjacent to an activating group) is 1. The molecule has 3 rings (SSSR count). The molecule has 0 amide bonds. The molecule has 158 valence electrons. The lowest BCUT2D eigenvalue weighted by Gasteiger charge is -2.40. The Balaban J connectivity index is 1.65. The summed E-state index contributed by atoms with van der Waals surface area (Å²) < 4.78 is 6.09. The zero-order chi connectivity index (χ0) is 21.0. The van der Waals surface area contributed by atoms with Gasteiger partial charge in [0.15, 0.2) is 0 Å². The zero-order valence-electron chi connectivity index (χ0n) is 19.0. The van der Waals surface area contributed by atoms with E-state index in [1.165, 1.54) is 27.9 Å². The largest absolute Gasteiger partial charge is 0.490 e. The molecule has 0 spiro atoms. The van der Waals surface area contributed by atoms with Gasteiger partial charge in [0.1, 0.15) is 12.4 Å². The molecule has 1 fully saturated rings. The van der Waals surface area contributed by atoms with Crippen molar-refractivity contribution >= 4 is 5.69 Å². The number of hydrogen-bond acceptors (Lipinski definition) is 4. The van der Waals surface area contributed by atoms with E-state index < -0.39 is 0 Å². The quantitative estimate of drug-likeness (QED) is 0.690. The van der Waals surface area contributed by atoms with E-state index in [0.717, 1.165) is 38.5 Å². The Labute approximate surface area is 177 Å². The van der Waals surface area contributed by atoms with Crippen molar-refractivity contribution in [1.29, 1.82) is 0 Å². The summed E-state index contributed by atoms with van der Waals surface area (Å²) in [6.45, 7) is 14.9. The van der Waals surface area contributed by atoms with Crippen molar-refractivity contribution in [3.8, 4) is 5.75 Å². The standard InChI is InChI=1S/C25H37N3O/c1-19-17-20(2)25(21(3)18-19)22(4)27-11-13-28(14-12-27)23-9-7-8-10-24(23)29-16-15-26(5)6/h7-10,17-18,22H,11-16H2,1-6H3. The smallest absolute Gasteiger partial charge is 0.142 e. The van der Waals surface area contributed by atoms with Gasteiger partial charge in [0.05, 0.1) is 5.69 Å². The van der Waals surface area contributed by atoms with Crippen LogP contribution in [0.5, 0.6) is 5.75 Å². The van der Waals surface area contributed by atoms with Crippen LogP contribution in [-0.2, 0) is 0 Å². The van der Waals surface area contributed by atoms with Crippen molar-refractivity contribution in [3.05, 3.63) is 58.7 Å². The second kappa shape index (κ2) is 9.64. The topological polar surface area (TPSA) is 19.0 Å². The summed E-state index contributed by atoms with van der Waals surface area (Å²) in [6, 6.07) is 13.5. The first-order chi connectivity index (χ1) is 13.9. The Morgan fingerprint density at radius 3 is 2.21 bits per heavy atom. The van der Waals surface area contributed by atoms with Crippen LogP contribution in [0.3, 0.4) is 0 Å². The maximum atomic E-state index is 6.09. The summed E-state index contributed by atoms with van der Waals surface area (Å²) in [7, 11) is 4.15. The second-order valence-electron chi connectivity index (χ2n) is 8.63. The van der Waals surface area contributed by atoms with Crippen molar-refractivity contribution in [3.63, 3.8) is 0 Å². The fourth-order valence-corrected chi connectivity index (χ4v) is 4.56. The van der Waals surface area contributed by atoms with Crippen LogP contribution < -0.4 is 9.64 Å². The molecule has 1 unspecified atom stereocenters. The molecule has 0 aliphatic carbocycles. The summed E-state index contributed by atoms with van der Waals surface area (Å²) >= 11 is 0. The highest BCUT2D eigenvalue weighted by molar-refractivity contribution is 5.58. The third kappa shape index (κ3) is 5.31. The van der Waals surface area contributed by atoms with Gasteiger partial charge in [-0.25, -0.2) is 0 Å². The van der Waals surface area contributed by atoms with Gasteiger partial charge in [-0.1, -0.05) is 29.8 Å². The first kappa shape index (κ1) is 21.7. The molecule has 4 nitrogen and oxygen atoms in total. The van der Waals surface area contributed by atoms with Crippen LogP contribution in [0.1, 0.15) is 35.2 Å². The van der Waals surface area contributed by atoms with Crippen LogP contribution >= 0.6 is 0 Å². The van der Waals surface area contributed by atoms with Gasteiger partial charge in [0, 0.05) is 38.8 Å². The predicted octanol–water partition coefficient (Wildman–Crippen LogP) is 4.44. The van der Waals surface area contributed by atoms with E-state index in [1.807, 2.05) is 0 Å². The third-order valence-electron chi connectivity index (χ3n) is 6.02. The summed E-state index contributed by atoms with van der Waals surface area (Å²) in [5.41, 5.74) is 6.90. The summed E-state index contributed by atoms with van der Waals surface area (Å²) in [5, 5.41) is 0. The average molecular weight is 396 g/mol. The summed E-state index contributed by atoms with van der Waals surface area (Å²) in [6.07, 6.45) is 0. The highest BCUT2D eigenvalue weighted by atomic mass is 16.5. The van der Waals surface area contributed by atoms with Crippen molar-refractivity contribution in [2.45, 2.75) is 33.7 Å². The first-order valence-corrected chi connectivity index (χ1v) is 10.8. The molecular formula is C25H37N3O. The lowest BCUT2D eigenvalue weighted by molar-refractivity contribution is 0.196. The SMILES string of the molecule is Cc1cc(C)c(C(C)N2CCN(c3ccccc3OCCN(C)C)CC2)c(C)c1. The molecule has 0 bridgehead atoms. The van der Waals surface area contributed by atoms with Crippen molar-refractivity contribution in [2.24, 2.45) is 0 Å². The van der Waals surface area contributed by atoms with Crippen LogP contribution in [-0.4, -0.2) is 63.2 Å². The number of aryl methyl sites for hydroxylation is 3. The van der Waals surface area contributed by atoms with Gasteiger partial charge in [-0.15, -0.1) is 0 Å². The predicted molar refractivity (Wildman–Crippen MR) is 123 cm³/mol. The Hall–Kier alpha value is -2.04. The van der Waals surface area contributed by atoms with Crippen LogP contribution in [0.25, 0.3) is 0 Å². The highest BCUT2D eigenvalue weighted by Gasteiger charge is 2.25. The van der Waals surface area contributed by atoms with Crippen LogP contribution in [0.4, 0.5) is 5.69 Å². The van der Waals surface area contributed by atoms with E-state index in [9.17, 15) is 0 Å². The fourth-order valence-electron chi connectivity index (χ4n) is 4.56. The van der Waals surface area contributed by atoms with Gasteiger partial charge >= 0.3 is 0 Å². The van der Waals surface area contributed by atoms with E-state index >= 15 is 0 Å². The number of ether oxygens (including phenoxy) is 1. The van der Waals surface area contributed by atoms with E-state index in [0.29, 0.717) is 12.6 Å². The molecule has 4 heteroatoms. The number of piperazine rings is 1. The average Bonchev–Trinajstić information content (AvgIpc) is 2.67. The van der Waals surface area contributed by atoms with E-state index in [1.54, 1.807) is 0 Å². The van der Waals surface area contributed by atoms with Gasteiger partial charge in [-0.2, -0.15) is 0 Å². The molecule has 0 aromatic heterocycles. The van der Waals surface area contributed by atoms with E-state index in [-0.39, 0.29) is 0 Å².